The molecule has 2 rings (SSSR count). The Labute approximate surface area is 152 Å². The number of pyridine rings is 1. The minimum atomic E-state index is -1.16. The van der Waals surface area contributed by atoms with E-state index in [2.05, 4.69) is 10.3 Å². The van der Waals surface area contributed by atoms with Gasteiger partial charge in [0.2, 0.25) is 5.91 Å². The molecule has 9 heteroatoms. The summed E-state index contributed by atoms with van der Waals surface area (Å²) in [4.78, 5) is 26.5. The lowest BCUT2D eigenvalue weighted by molar-refractivity contribution is -0.118. The Balaban J connectivity index is 2.39. The van der Waals surface area contributed by atoms with E-state index < -0.39 is 24.3 Å². The Morgan fingerprint density at radius 1 is 1.31 bits per heavy atom. The highest BCUT2D eigenvalue weighted by molar-refractivity contribution is 6.56. The first-order valence-electron chi connectivity index (χ1n) is 8.22. The molecule has 1 aromatic rings. The Morgan fingerprint density at radius 3 is 2.38 bits per heavy atom. The van der Waals surface area contributed by atoms with E-state index in [4.69, 9.17) is 15.0 Å². The van der Waals surface area contributed by atoms with E-state index in [-0.39, 0.29) is 23.8 Å². The predicted octanol–water partition coefficient (Wildman–Crippen LogP) is 1.51. The number of nitrogen functional groups attached to an aromatic ring is 1. The van der Waals surface area contributed by atoms with Crippen LogP contribution >= 0.6 is 0 Å². The van der Waals surface area contributed by atoms with E-state index >= 15 is 0 Å². The lowest BCUT2D eigenvalue weighted by Crippen LogP contribution is -2.41. The SMILES string of the molecule is CC(=O)NCC(=Cc1cnc(N)c(C(=O)O)c1)B1OC(C)(C)C(C)(C)O1. The number of nitrogens with two attached hydrogens (primary N) is 1. The molecule has 0 saturated carbocycles. The van der Waals surface area contributed by atoms with Crippen LogP contribution in [0.25, 0.3) is 6.08 Å². The molecule has 8 nitrogen and oxygen atoms in total. The summed E-state index contributed by atoms with van der Waals surface area (Å²) < 4.78 is 12.1. The molecule has 0 spiro atoms. The number of rotatable bonds is 5. The van der Waals surface area contributed by atoms with Gasteiger partial charge in [-0.3, -0.25) is 4.79 Å². The van der Waals surface area contributed by atoms with Gasteiger partial charge in [0.05, 0.1) is 11.2 Å². The fourth-order valence-corrected chi connectivity index (χ4v) is 2.38. The van der Waals surface area contributed by atoms with Gasteiger partial charge in [0.25, 0.3) is 0 Å². The first kappa shape index (κ1) is 19.9. The maximum atomic E-state index is 11.3. The predicted molar refractivity (Wildman–Crippen MR) is 98.4 cm³/mol. The van der Waals surface area contributed by atoms with Crippen LogP contribution in [0.5, 0.6) is 0 Å². The van der Waals surface area contributed by atoms with Crippen LogP contribution in [0.2, 0.25) is 0 Å². The molecule has 0 aromatic carbocycles. The molecule has 1 aliphatic heterocycles. The fraction of sp³-hybridized carbons (Fsp3) is 0.471. The van der Waals surface area contributed by atoms with E-state index in [0.29, 0.717) is 11.0 Å². The summed E-state index contributed by atoms with van der Waals surface area (Å²) >= 11 is 0. The van der Waals surface area contributed by atoms with E-state index in [9.17, 15) is 14.7 Å². The zero-order valence-electron chi connectivity index (χ0n) is 15.6. The van der Waals surface area contributed by atoms with Crippen molar-refractivity contribution in [2.75, 3.05) is 12.3 Å². The van der Waals surface area contributed by atoms with Crippen LogP contribution < -0.4 is 11.1 Å². The summed E-state index contributed by atoms with van der Waals surface area (Å²) in [6, 6.07) is 1.42. The molecule has 140 valence electrons. The highest BCUT2D eigenvalue weighted by Gasteiger charge is 2.52. The van der Waals surface area contributed by atoms with Crippen LogP contribution in [0.1, 0.15) is 50.5 Å². The second-order valence-corrected chi connectivity index (χ2v) is 7.22. The normalized spacial score (nSPS) is 18.7. The molecule has 1 fully saturated rings. The molecule has 1 amide bonds. The van der Waals surface area contributed by atoms with Crippen LogP contribution in [0, 0.1) is 0 Å². The molecule has 1 aliphatic rings. The fourth-order valence-electron chi connectivity index (χ4n) is 2.38. The third-order valence-electron chi connectivity index (χ3n) is 4.62. The average molecular weight is 361 g/mol. The number of hydrogen-bond donors (Lipinski definition) is 3. The van der Waals surface area contributed by atoms with Crippen molar-refractivity contribution in [3.05, 3.63) is 28.9 Å². The first-order valence-corrected chi connectivity index (χ1v) is 8.22. The number of carboxylic acids is 1. The van der Waals surface area contributed by atoms with Gasteiger partial charge in [0.1, 0.15) is 11.4 Å². The monoisotopic (exact) mass is 361 g/mol. The molecule has 0 aliphatic carbocycles. The van der Waals surface area contributed by atoms with Crippen molar-refractivity contribution < 1.29 is 24.0 Å². The molecule has 4 N–H and O–H groups in total. The van der Waals surface area contributed by atoms with Crippen molar-refractivity contribution in [1.82, 2.24) is 10.3 Å². The Hall–Kier alpha value is -2.39. The number of aromatic nitrogens is 1. The van der Waals surface area contributed by atoms with Gasteiger partial charge in [-0.15, -0.1) is 0 Å². The summed E-state index contributed by atoms with van der Waals surface area (Å²) in [5.41, 5.74) is 5.58. The summed E-state index contributed by atoms with van der Waals surface area (Å²) in [5, 5.41) is 11.9. The van der Waals surface area contributed by atoms with E-state index in [0.717, 1.165) is 0 Å². The van der Waals surface area contributed by atoms with Crippen LogP contribution in [0.4, 0.5) is 5.82 Å². The van der Waals surface area contributed by atoms with Crippen molar-refractivity contribution >= 4 is 30.9 Å². The van der Waals surface area contributed by atoms with E-state index in [1.807, 2.05) is 27.7 Å². The molecule has 0 radical (unpaired) electrons. The molecular weight excluding hydrogens is 337 g/mol. The van der Waals surface area contributed by atoms with Crippen LogP contribution in [0.3, 0.4) is 0 Å². The van der Waals surface area contributed by atoms with Crippen molar-refractivity contribution in [2.24, 2.45) is 0 Å². The minimum absolute atomic E-state index is 0.0614. The van der Waals surface area contributed by atoms with Gasteiger partial charge in [-0.25, -0.2) is 9.78 Å². The lowest BCUT2D eigenvalue weighted by Gasteiger charge is -2.32. The number of amides is 1. The highest BCUT2D eigenvalue weighted by atomic mass is 16.7. The van der Waals surface area contributed by atoms with Gasteiger partial charge < -0.3 is 25.5 Å². The summed E-state index contributed by atoms with van der Waals surface area (Å²) in [6.45, 7) is 9.31. The van der Waals surface area contributed by atoms with Crippen molar-refractivity contribution in [2.45, 2.75) is 45.8 Å². The van der Waals surface area contributed by atoms with Crippen LogP contribution in [-0.4, -0.2) is 46.8 Å². The molecule has 1 aromatic heterocycles. The van der Waals surface area contributed by atoms with Gasteiger partial charge in [-0.1, -0.05) is 6.08 Å². The molecule has 0 unspecified atom stereocenters. The largest absolute Gasteiger partial charge is 0.492 e. The number of anilines is 1. The molecule has 26 heavy (non-hydrogen) atoms. The Kier molecular flexibility index (Phi) is 5.43. The smallest absolute Gasteiger partial charge is 0.478 e. The van der Waals surface area contributed by atoms with Crippen molar-refractivity contribution in [1.29, 1.82) is 0 Å². The zero-order valence-corrected chi connectivity index (χ0v) is 15.6. The Bertz CT molecular complexity index is 745. The second kappa shape index (κ2) is 7.09. The number of hydrogen-bond acceptors (Lipinski definition) is 6. The van der Waals surface area contributed by atoms with Crippen LogP contribution in [0.15, 0.2) is 17.7 Å². The van der Waals surface area contributed by atoms with Gasteiger partial charge in [0, 0.05) is 19.7 Å². The topological polar surface area (TPSA) is 124 Å². The Morgan fingerprint density at radius 2 is 1.88 bits per heavy atom. The number of carbonyl (C=O) groups is 2. The first-order chi connectivity index (χ1) is 11.9. The number of nitrogens with one attached hydrogen (secondary N) is 1. The maximum absolute atomic E-state index is 11.3. The van der Waals surface area contributed by atoms with Gasteiger partial charge >= 0.3 is 13.1 Å². The van der Waals surface area contributed by atoms with E-state index in [1.54, 1.807) is 6.08 Å². The van der Waals surface area contributed by atoms with Crippen LogP contribution in [-0.2, 0) is 14.1 Å². The zero-order chi connectivity index (χ0) is 19.7. The summed E-state index contributed by atoms with van der Waals surface area (Å²) in [7, 11) is -0.683. The van der Waals surface area contributed by atoms with Crippen molar-refractivity contribution in [3.8, 4) is 0 Å². The molecule has 0 atom stereocenters. The molecule has 0 bridgehead atoms. The quantitative estimate of drug-likeness (QED) is 0.679. The van der Waals surface area contributed by atoms with Gasteiger partial charge in [-0.2, -0.15) is 0 Å². The molecular formula is C17H24BN3O5. The standard InChI is InChI=1S/C17H24BN3O5/c1-10(22)20-9-12(18-25-16(2,3)17(4,5)26-18)6-11-7-13(15(23)24)14(19)21-8-11/h6-8H,9H2,1-5H3,(H2,19,21)(H,20,22)(H,23,24). The third kappa shape index (κ3) is 4.23. The number of carboxylic acid groups (broad SMARTS) is 1. The second-order valence-electron chi connectivity index (χ2n) is 7.22. The molecule has 2 heterocycles. The van der Waals surface area contributed by atoms with Gasteiger partial charge in [0.15, 0.2) is 0 Å². The van der Waals surface area contributed by atoms with Gasteiger partial charge in [-0.05, 0) is 44.8 Å². The lowest BCUT2D eigenvalue weighted by atomic mass is 9.77. The number of aromatic carboxylic acids is 1. The summed E-state index contributed by atoms with van der Waals surface area (Å²) in [5.74, 6) is -1.42. The minimum Gasteiger partial charge on any atom is -0.478 e. The summed E-state index contributed by atoms with van der Waals surface area (Å²) in [6.07, 6.45) is 3.15. The maximum Gasteiger partial charge on any atom is 0.492 e. The third-order valence-corrected chi connectivity index (χ3v) is 4.62. The number of carbonyl (C=O) groups excluding carboxylic acids is 1. The molecule has 1 saturated heterocycles. The highest BCUT2D eigenvalue weighted by Crippen LogP contribution is 2.38. The van der Waals surface area contributed by atoms with Crippen molar-refractivity contribution in [3.63, 3.8) is 0 Å². The average Bonchev–Trinajstić information content (AvgIpc) is 2.72. The van der Waals surface area contributed by atoms with E-state index in [1.165, 1.54) is 19.2 Å². The number of nitrogens with zero attached hydrogens (tertiary/aromatic N) is 1.